The van der Waals surface area contributed by atoms with Crippen molar-refractivity contribution in [3.63, 3.8) is 0 Å². The van der Waals surface area contributed by atoms with Crippen molar-refractivity contribution < 1.29 is 19.1 Å². The molecule has 4 rings (SSSR count). The average molecular weight is 376 g/mol. The van der Waals surface area contributed by atoms with Crippen molar-refractivity contribution >= 4 is 17.8 Å². The van der Waals surface area contributed by atoms with Crippen molar-refractivity contribution in [2.24, 2.45) is 5.92 Å². The van der Waals surface area contributed by atoms with Gasteiger partial charge in [0.15, 0.2) is 5.76 Å². The number of hydrogen-bond acceptors (Lipinski definition) is 4. The minimum atomic E-state index is -0.182. The monoisotopic (exact) mass is 376 g/mol. The van der Waals surface area contributed by atoms with Crippen molar-refractivity contribution in [2.75, 3.05) is 0 Å². The number of carbonyl (C=O) groups is 2. The lowest BCUT2D eigenvalue weighted by Crippen LogP contribution is -2.22. The van der Waals surface area contributed by atoms with E-state index in [0.29, 0.717) is 17.1 Å². The molecule has 0 saturated heterocycles. The second kappa shape index (κ2) is 7.63. The second-order valence-corrected chi connectivity index (χ2v) is 7.72. The Balaban J connectivity index is 1.55. The first kappa shape index (κ1) is 18.5. The summed E-state index contributed by atoms with van der Waals surface area (Å²) in [5.74, 6) is 0.836. The quantitative estimate of drug-likeness (QED) is 0.409. The van der Waals surface area contributed by atoms with Crippen LogP contribution >= 0.6 is 0 Å². The van der Waals surface area contributed by atoms with Crippen molar-refractivity contribution in [2.45, 2.75) is 46.0 Å². The SMILES string of the molecule is Cc1ccc(/C=C2\Oc3cc(OC(=O)C4CCCCC4)cc(C)c3C2=O)cc1. The van der Waals surface area contributed by atoms with Gasteiger partial charge in [0.1, 0.15) is 11.5 Å². The van der Waals surface area contributed by atoms with E-state index in [1.165, 1.54) is 6.42 Å². The molecule has 0 aromatic heterocycles. The van der Waals surface area contributed by atoms with E-state index in [1.807, 2.05) is 38.1 Å². The van der Waals surface area contributed by atoms with Crippen LogP contribution in [-0.4, -0.2) is 11.8 Å². The topological polar surface area (TPSA) is 52.6 Å². The number of ketones is 1. The van der Waals surface area contributed by atoms with E-state index in [0.717, 1.165) is 42.4 Å². The van der Waals surface area contributed by atoms with Crippen LogP contribution in [0.1, 0.15) is 59.2 Å². The zero-order valence-corrected chi connectivity index (χ0v) is 16.3. The van der Waals surface area contributed by atoms with Crippen molar-refractivity contribution in [1.82, 2.24) is 0 Å². The number of carbonyl (C=O) groups excluding carboxylic acids is 2. The normalized spacial score (nSPS) is 18.1. The van der Waals surface area contributed by atoms with E-state index >= 15 is 0 Å². The minimum absolute atomic E-state index is 0.0261. The van der Waals surface area contributed by atoms with Gasteiger partial charge >= 0.3 is 5.97 Å². The molecule has 0 bridgehead atoms. The summed E-state index contributed by atoms with van der Waals surface area (Å²) in [4.78, 5) is 25.2. The van der Waals surface area contributed by atoms with E-state index in [9.17, 15) is 9.59 Å². The first-order chi connectivity index (χ1) is 13.5. The number of fused-ring (bicyclic) bond motifs is 1. The molecule has 0 radical (unpaired) electrons. The van der Waals surface area contributed by atoms with Crippen molar-refractivity contribution in [1.29, 1.82) is 0 Å². The summed E-state index contributed by atoms with van der Waals surface area (Å²) < 4.78 is 11.4. The molecule has 4 heteroatoms. The fraction of sp³-hybridized carbons (Fsp3) is 0.333. The molecule has 0 spiro atoms. The molecule has 0 atom stereocenters. The van der Waals surface area contributed by atoms with Gasteiger partial charge in [0, 0.05) is 6.07 Å². The van der Waals surface area contributed by atoms with Crippen LogP contribution in [0.15, 0.2) is 42.2 Å². The highest BCUT2D eigenvalue weighted by Crippen LogP contribution is 2.38. The summed E-state index contributed by atoms with van der Waals surface area (Å²) in [6, 6.07) is 11.3. The van der Waals surface area contributed by atoms with E-state index in [-0.39, 0.29) is 23.4 Å². The predicted molar refractivity (Wildman–Crippen MR) is 108 cm³/mol. The summed E-state index contributed by atoms with van der Waals surface area (Å²) in [6.45, 7) is 3.86. The van der Waals surface area contributed by atoms with Crippen LogP contribution in [0.4, 0.5) is 0 Å². The third-order valence-corrected chi connectivity index (χ3v) is 5.48. The van der Waals surface area contributed by atoms with Gasteiger partial charge in [0.25, 0.3) is 0 Å². The predicted octanol–water partition coefficient (Wildman–Crippen LogP) is 5.41. The van der Waals surface area contributed by atoms with Gasteiger partial charge in [0.2, 0.25) is 5.78 Å². The van der Waals surface area contributed by atoms with Crippen LogP contribution in [-0.2, 0) is 4.79 Å². The maximum atomic E-state index is 12.8. The lowest BCUT2D eigenvalue weighted by molar-refractivity contribution is -0.139. The highest BCUT2D eigenvalue weighted by atomic mass is 16.5. The standard InChI is InChI=1S/C24H24O4/c1-15-8-10-17(11-9-15)13-21-23(25)22-16(2)12-19(14-20(22)28-21)27-24(26)18-6-4-3-5-7-18/h8-14,18H,3-7H2,1-2H3/b21-13-. The minimum Gasteiger partial charge on any atom is -0.452 e. The highest BCUT2D eigenvalue weighted by molar-refractivity contribution is 6.15. The number of esters is 1. The third-order valence-electron chi connectivity index (χ3n) is 5.48. The van der Waals surface area contributed by atoms with E-state index in [4.69, 9.17) is 9.47 Å². The Labute approximate surface area is 165 Å². The largest absolute Gasteiger partial charge is 0.452 e. The maximum Gasteiger partial charge on any atom is 0.314 e. The maximum absolute atomic E-state index is 12.8. The number of aryl methyl sites for hydroxylation is 2. The van der Waals surface area contributed by atoms with Crippen LogP contribution in [0.5, 0.6) is 11.5 Å². The van der Waals surface area contributed by atoms with Gasteiger partial charge in [-0.3, -0.25) is 9.59 Å². The van der Waals surface area contributed by atoms with Gasteiger partial charge in [-0.05, 0) is 50.0 Å². The number of allylic oxidation sites excluding steroid dienone is 1. The molecule has 1 saturated carbocycles. The number of ether oxygens (including phenoxy) is 2. The van der Waals surface area contributed by atoms with Crippen LogP contribution in [0.2, 0.25) is 0 Å². The van der Waals surface area contributed by atoms with E-state index < -0.39 is 0 Å². The molecule has 1 aliphatic carbocycles. The third kappa shape index (κ3) is 3.72. The summed E-state index contributed by atoms with van der Waals surface area (Å²) in [6.07, 6.45) is 6.87. The summed E-state index contributed by atoms with van der Waals surface area (Å²) >= 11 is 0. The molecule has 0 amide bonds. The molecule has 144 valence electrons. The summed E-state index contributed by atoms with van der Waals surface area (Å²) in [7, 11) is 0. The van der Waals surface area contributed by atoms with Gasteiger partial charge in [0.05, 0.1) is 11.5 Å². The molecule has 28 heavy (non-hydrogen) atoms. The Bertz CT molecular complexity index is 947. The number of hydrogen-bond donors (Lipinski definition) is 0. The number of rotatable bonds is 3. The molecule has 0 N–H and O–H groups in total. The number of Topliss-reactive ketones (excluding diaryl/α,β-unsaturated/α-hetero) is 1. The molecule has 2 aromatic rings. The summed E-state index contributed by atoms with van der Waals surface area (Å²) in [5.41, 5.74) is 3.35. The van der Waals surface area contributed by atoms with Crippen LogP contribution in [0, 0.1) is 19.8 Å². The van der Waals surface area contributed by atoms with Crippen LogP contribution in [0.3, 0.4) is 0 Å². The second-order valence-electron chi connectivity index (χ2n) is 7.72. The van der Waals surface area contributed by atoms with E-state index in [1.54, 1.807) is 18.2 Å². The molecule has 4 nitrogen and oxygen atoms in total. The molecular weight excluding hydrogens is 352 g/mol. The van der Waals surface area contributed by atoms with Crippen LogP contribution < -0.4 is 9.47 Å². The Morgan fingerprint density at radius 2 is 1.79 bits per heavy atom. The first-order valence-electron chi connectivity index (χ1n) is 9.88. The first-order valence-corrected chi connectivity index (χ1v) is 9.88. The zero-order valence-electron chi connectivity index (χ0n) is 16.3. The smallest absolute Gasteiger partial charge is 0.314 e. The molecular formula is C24H24O4. The average Bonchev–Trinajstić information content (AvgIpc) is 3.00. The Kier molecular flexibility index (Phi) is 5.03. The van der Waals surface area contributed by atoms with Crippen LogP contribution in [0.25, 0.3) is 6.08 Å². The Morgan fingerprint density at radius 3 is 2.50 bits per heavy atom. The lowest BCUT2D eigenvalue weighted by atomic mass is 9.89. The lowest BCUT2D eigenvalue weighted by Gasteiger charge is -2.20. The van der Waals surface area contributed by atoms with Gasteiger partial charge < -0.3 is 9.47 Å². The van der Waals surface area contributed by atoms with Crippen molar-refractivity contribution in [3.8, 4) is 11.5 Å². The molecule has 1 heterocycles. The zero-order chi connectivity index (χ0) is 19.7. The van der Waals surface area contributed by atoms with Gasteiger partial charge in [-0.25, -0.2) is 0 Å². The van der Waals surface area contributed by atoms with Gasteiger partial charge in [-0.2, -0.15) is 0 Å². The molecule has 1 aliphatic heterocycles. The molecule has 0 unspecified atom stereocenters. The van der Waals surface area contributed by atoms with Gasteiger partial charge in [-0.15, -0.1) is 0 Å². The fourth-order valence-electron chi connectivity index (χ4n) is 3.89. The molecule has 2 aromatic carbocycles. The Hall–Kier alpha value is -2.88. The summed E-state index contributed by atoms with van der Waals surface area (Å²) in [5, 5.41) is 0. The fourth-order valence-corrected chi connectivity index (χ4v) is 3.89. The Morgan fingerprint density at radius 1 is 1.07 bits per heavy atom. The van der Waals surface area contributed by atoms with Crippen molar-refractivity contribution in [3.05, 3.63) is 64.4 Å². The van der Waals surface area contributed by atoms with Gasteiger partial charge in [-0.1, -0.05) is 49.1 Å². The molecule has 2 aliphatic rings. The highest BCUT2D eigenvalue weighted by Gasteiger charge is 2.31. The molecule has 1 fully saturated rings. The van der Waals surface area contributed by atoms with E-state index in [2.05, 4.69) is 0 Å². The number of benzene rings is 2.